The van der Waals surface area contributed by atoms with Gasteiger partial charge in [0.1, 0.15) is 0 Å². The molecule has 0 fully saturated rings. The zero-order valence-electron chi connectivity index (χ0n) is 10.8. The Labute approximate surface area is 131 Å². The van der Waals surface area contributed by atoms with Crippen molar-refractivity contribution in [1.29, 1.82) is 0 Å². The molecule has 0 spiro atoms. The fourth-order valence-electron chi connectivity index (χ4n) is 2.05. The Balaban J connectivity index is 1.67. The summed E-state index contributed by atoms with van der Waals surface area (Å²) in [5.74, 6) is 0. The minimum atomic E-state index is 0.862. The maximum Gasteiger partial charge on any atom is 0.0702 e. The van der Waals surface area contributed by atoms with Crippen molar-refractivity contribution in [3.8, 4) is 11.1 Å². The molecule has 20 heavy (non-hydrogen) atoms. The Morgan fingerprint density at radius 2 is 1.50 bits per heavy atom. The largest absolute Gasteiger partial charge is 0.380 e. The molecule has 1 heterocycles. The summed E-state index contributed by atoms with van der Waals surface area (Å²) >= 11 is 5.25. The lowest BCUT2D eigenvalue weighted by Gasteiger charge is -2.06. The number of benzene rings is 2. The quantitative estimate of drug-likeness (QED) is 0.632. The second kappa shape index (κ2) is 6.25. The Hall–Kier alpha value is -1.58. The van der Waals surface area contributed by atoms with E-state index in [4.69, 9.17) is 0 Å². The molecule has 1 N–H and O–H groups in total. The van der Waals surface area contributed by atoms with E-state index in [0.29, 0.717) is 0 Å². The molecule has 3 heteroatoms. The highest BCUT2D eigenvalue weighted by Gasteiger charge is 1.99. The molecule has 3 aromatic rings. The van der Waals surface area contributed by atoms with Gasteiger partial charge in [0.2, 0.25) is 0 Å². The van der Waals surface area contributed by atoms with E-state index in [1.54, 1.807) is 11.3 Å². The first-order valence-electron chi connectivity index (χ1n) is 6.45. The molecular weight excluding hydrogens is 330 g/mol. The van der Waals surface area contributed by atoms with E-state index in [1.807, 2.05) is 6.07 Å². The Morgan fingerprint density at radius 3 is 2.15 bits per heavy atom. The summed E-state index contributed by atoms with van der Waals surface area (Å²) in [5.41, 5.74) is 3.64. The number of anilines is 1. The summed E-state index contributed by atoms with van der Waals surface area (Å²) in [6.07, 6.45) is 0. The van der Waals surface area contributed by atoms with E-state index in [2.05, 4.69) is 81.9 Å². The monoisotopic (exact) mass is 343 g/mol. The number of rotatable bonds is 4. The van der Waals surface area contributed by atoms with Crippen molar-refractivity contribution in [1.82, 2.24) is 0 Å². The molecule has 0 bridgehead atoms. The highest BCUT2D eigenvalue weighted by molar-refractivity contribution is 9.11. The van der Waals surface area contributed by atoms with E-state index in [-0.39, 0.29) is 0 Å². The smallest absolute Gasteiger partial charge is 0.0702 e. The molecule has 0 amide bonds. The van der Waals surface area contributed by atoms with Gasteiger partial charge in [-0.25, -0.2) is 0 Å². The third-order valence-electron chi connectivity index (χ3n) is 3.09. The minimum Gasteiger partial charge on any atom is -0.380 e. The van der Waals surface area contributed by atoms with E-state index >= 15 is 0 Å². The summed E-state index contributed by atoms with van der Waals surface area (Å²) in [4.78, 5) is 1.32. The summed E-state index contributed by atoms with van der Waals surface area (Å²) < 4.78 is 1.17. The zero-order valence-corrected chi connectivity index (χ0v) is 13.2. The van der Waals surface area contributed by atoms with Gasteiger partial charge in [-0.2, -0.15) is 0 Å². The molecule has 0 saturated carbocycles. The van der Waals surface area contributed by atoms with Crippen molar-refractivity contribution >= 4 is 33.0 Å². The number of hydrogen-bond donors (Lipinski definition) is 1. The van der Waals surface area contributed by atoms with Crippen LogP contribution < -0.4 is 5.32 Å². The van der Waals surface area contributed by atoms with Crippen molar-refractivity contribution in [2.45, 2.75) is 6.54 Å². The summed E-state index contributed by atoms with van der Waals surface area (Å²) in [7, 11) is 0. The average Bonchev–Trinajstić information content (AvgIpc) is 2.92. The van der Waals surface area contributed by atoms with Gasteiger partial charge in [0, 0.05) is 17.1 Å². The van der Waals surface area contributed by atoms with Crippen LogP contribution in [0.3, 0.4) is 0 Å². The first-order chi connectivity index (χ1) is 9.81. The second-order valence-electron chi connectivity index (χ2n) is 4.50. The number of nitrogens with one attached hydrogen (secondary N) is 1. The minimum absolute atomic E-state index is 0.862. The molecule has 2 aromatic carbocycles. The summed E-state index contributed by atoms with van der Waals surface area (Å²) in [6.45, 7) is 0.862. The summed E-state index contributed by atoms with van der Waals surface area (Å²) in [5, 5.41) is 3.44. The van der Waals surface area contributed by atoms with Crippen LogP contribution in [0.2, 0.25) is 0 Å². The van der Waals surface area contributed by atoms with E-state index in [1.165, 1.54) is 19.8 Å². The van der Waals surface area contributed by atoms with Gasteiger partial charge in [-0.3, -0.25) is 0 Å². The van der Waals surface area contributed by atoms with Crippen LogP contribution in [-0.2, 0) is 6.54 Å². The predicted octanol–water partition coefficient (Wildman–Crippen LogP) is 5.79. The molecule has 1 aromatic heterocycles. The highest BCUT2D eigenvalue weighted by Crippen LogP contribution is 2.24. The van der Waals surface area contributed by atoms with E-state index < -0.39 is 0 Å². The van der Waals surface area contributed by atoms with Crippen LogP contribution in [0.4, 0.5) is 5.69 Å². The molecule has 0 aliphatic carbocycles. The molecule has 0 radical (unpaired) electrons. The summed E-state index contributed by atoms with van der Waals surface area (Å²) in [6, 6.07) is 23.2. The van der Waals surface area contributed by atoms with Gasteiger partial charge >= 0.3 is 0 Å². The third kappa shape index (κ3) is 3.30. The molecule has 0 aliphatic heterocycles. The molecule has 0 aliphatic rings. The first-order valence-corrected chi connectivity index (χ1v) is 8.06. The maximum absolute atomic E-state index is 3.48. The van der Waals surface area contributed by atoms with Gasteiger partial charge in [0.05, 0.1) is 3.79 Å². The lowest BCUT2D eigenvalue weighted by Crippen LogP contribution is -1.96. The fraction of sp³-hybridized carbons (Fsp3) is 0.0588. The zero-order chi connectivity index (χ0) is 13.8. The second-order valence-corrected chi connectivity index (χ2v) is 7.05. The highest BCUT2D eigenvalue weighted by atomic mass is 79.9. The van der Waals surface area contributed by atoms with Gasteiger partial charge in [0.25, 0.3) is 0 Å². The lowest BCUT2D eigenvalue weighted by molar-refractivity contribution is 1.19. The number of hydrogen-bond acceptors (Lipinski definition) is 2. The lowest BCUT2D eigenvalue weighted by atomic mass is 10.1. The standard InChI is InChI=1S/C17H14BrNS/c18-17-11-10-16(20-17)12-19-15-8-6-14(7-9-15)13-4-2-1-3-5-13/h1-11,19H,12H2. The van der Waals surface area contributed by atoms with Gasteiger partial charge in [-0.05, 0) is 51.3 Å². The molecule has 0 saturated heterocycles. The van der Waals surface area contributed by atoms with Crippen LogP contribution in [0.1, 0.15) is 4.88 Å². The molecule has 0 unspecified atom stereocenters. The number of thiophene rings is 1. The molecule has 0 atom stereocenters. The van der Waals surface area contributed by atoms with Crippen LogP contribution >= 0.6 is 27.3 Å². The van der Waals surface area contributed by atoms with Gasteiger partial charge in [-0.15, -0.1) is 11.3 Å². The molecule has 100 valence electrons. The van der Waals surface area contributed by atoms with Gasteiger partial charge < -0.3 is 5.32 Å². The van der Waals surface area contributed by atoms with Crippen molar-refractivity contribution in [3.05, 3.63) is 75.4 Å². The van der Waals surface area contributed by atoms with E-state index in [0.717, 1.165) is 12.2 Å². The van der Waals surface area contributed by atoms with E-state index in [9.17, 15) is 0 Å². The van der Waals surface area contributed by atoms with Gasteiger partial charge in [-0.1, -0.05) is 42.5 Å². The van der Waals surface area contributed by atoms with Crippen LogP contribution in [0.5, 0.6) is 0 Å². The van der Waals surface area contributed by atoms with Crippen LogP contribution in [-0.4, -0.2) is 0 Å². The Morgan fingerprint density at radius 1 is 0.800 bits per heavy atom. The average molecular weight is 344 g/mol. The first kappa shape index (κ1) is 13.4. The number of halogens is 1. The maximum atomic E-state index is 3.48. The molecular formula is C17H14BrNS. The fourth-order valence-corrected chi connectivity index (χ4v) is 3.47. The Bertz CT molecular complexity index is 674. The van der Waals surface area contributed by atoms with Crippen molar-refractivity contribution in [2.24, 2.45) is 0 Å². The van der Waals surface area contributed by atoms with Crippen LogP contribution in [0, 0.1) is 0 Å². The van der Waals surface area contributed by atoms with Crippen LogP contribution in [0.25, 0.3) is 11.1 Å². The van der Waals surface area contributed by atoms with Crippen LogP contribution in [0.15, 0.2) is 70.5 Å². The van der Waals surface area contributed by atoms with Crippen molar-refractivity contribution in [3.63, 3.8) is 0 Å². The predicted molar refractivity (Wildman–Crippen MR) is 91.2 cm³/mol. The topological polar surface area (TPSA) is 12.0 Å². The Kier molecular flexibility index (Phi) is 4.19. The molecule has 3 rings (SSSR count). The third-order valence-corrected chi connectivity index (χ3v) is 4.71. The van der Waals surface area contributed by atoms with Crippen molar-refractivity contribution < 1.29 is 0 Å². The SMILES string of the molecule is Brc1ccc(CNc2ccc(-c3ccccc3)cc2)s1. The molecule has 1 nitrogen and oxygen atoms in total. The van der Waals surface area contributed by atoms with Crippen molar-refractivity contribution in [2.75, 3.05) is 5.32 Å². The normalized spacial score (nSPS) is 10.4. The van der Waals surface area contributed by atoms with Gasteiger partial charge in [0.15, 0.2) is 0 Å².